The van der Waals surface area contributed by atoms with E-state index in [1.165, 1.54) is 11.1 Å². The van der Waals surface area contributed by atoms with E-state index in [1.807, 2.05) is 0 Å². The van der Waals surface area contributed by atoms with E-state index in [0.717, 1.165) is 5.75 Å². The maximum absolute atomic E-state index is 3.84. The highest BCUT2D eigenvalue weighted by molar-refractivity contribution is 8.68. The monoisotopic (exact) mass is 200 g/mol. The molecule has 0 nitrogen and oxygen atoms in total. The van der Waals surface area contributed by atoms with Crippen LogP contribution in [0, 0.1) is 13.8 Å². The number of thiol groups is 1. The van der Waals surface area contributed by atoms with Crippen LogP contribution in [0.15, 0.2) is 24.3 Å². The van der Waals surface area contributed by atoms with Gasteiger partial charge >= 0.3 is 0 Å². The van der Waals surface area contributed by atoms with Gasteiger partial charge in [-0.2, -0.15) is 0 Å². The van der Waals surface area contributed by atoms with Crippen LogP contribution in [0.5, 0.6) is 0 Å². The van der Waals surface area contributed by atoms with E-state index in [9.17, 15) is 0 Å². The van der Waals surface area contributed by atoms with Gasteiger partial charge in [-0.05, 0) is 13.8 Å². The number of hydrogen-bond acceptors (Lipinski definition) is 2. The first-order valence-corrected chi connectivity index (χ1v) is 6.04. The molecule has 0 radical (unpaired) electrons. The second-order valence-electron chi connectivity index (χ2n) is 2.57. The first kappa shape index (κ1) is 11.9. The Hall–Kier alpha value is -0.0800. The average Bonchev–Trinajstić information content (AvgIpc) is 2.11. The molecule has 1 aromatic rings. The van der Waals surface area contributed by atoms with Gasteiger partial charge in [0.05, 0.1) is 0 Å². The Bertz CT molecular complexity index is 168. The summed E-state index contributed by atoms with van der Waals surface area (Å²) in [5, 5.41) is 0. The summed E-state index contributed by atoms with van der Waals surface area (Å²) in [4.78, 5) is 0. The molecule has 0 heterocycles. The predicted molar refractivity (Wildman–Crippen MR) is 63.0 cm³/mol. The van der Waals surface area contributed by atoms with Crippen LogP contribution in [-0.2, 0) is 0 Å². The minimum Gasteiger partial charge on any atom is -0.111 e. The molecule has 0 saturated heterocycles. The van der Waals surface area contributed by atoms with Crippen molar-refractivity contribution < 1.29 is 0 Å². The second kappa shape index (κ2) is 7.56. The van der Waals surface area contributed by atoms with Gasteiger partial charge in [-0.3, -0.25) is 0 Å². The van der Waals surface area contributed by atoms with Gasteiger partial charge in [-0.15, -0.1) is 11.7 Å². The summed E-state index contributed by atoms with van der Waals surface area (Å²) in [6, 6.07) is 8.48. The lowest BCUT2D eigenvalue weighted by molar-refractivity contribution is 1.40. The lowest BCUT2D eigenvalue weighted by Crippen LogP contribution is -1.70. The molecule has 1 rings (SSSR count). The van der Waals surface area contributed by atoms with Crippen LogP contribution in [0.2, 0.25) is 0 Å². The standard InChI is InChI=1S/C8H10.C2H6S2/c1-7-3-5-8(2)6-4-7;1-2-4-3/h3-6H,1-2H3;3H,2H2,1H3. The van der Waals surface area contributed by atoms with E-state index in [4.69, 9.17) is 0 Å². The Balaban J connectivity index is 0.000000261. The fraction of sp³-hybridized carbons (Fsp3) is 0.400. The van der Waals surface area contributed by atoms with E-state index in [-0.39, 0.29) is 0 Å². The Morgan fingerprint density at radius 2 is 1.33 bits per heavy atom. The fourth-order valence-corrected chi connectivity index (χ4v) is 0.637. The highest BCUT2D eigenvalue weighted by Crippen LogP contribution is 2.00. The first-order valence-electron chi connectivity index (χ1n) is 4.00. The third-order valence-corrected chi connectivity index (χ3v) is 2.38. The lowest BCUT2D eigenvalue weighted by Gasteiger charge is -1.90. The summed E-state index contributed by atoms with van der Waals surface area (Å²) < 4.78 is 0. The molecule has 0 bridgehead atoms. The summed E-state index contributed by atoms with van der Waals surface area (Å²) in [5.74, 6) is 1.10. The van der Waals surface area contributed by atoms with Gasteiger partial charge in [0.15, 0.2) is 0 Å². The minimum absolute atomic E-state index is 1.10. The summed E-state index contributed by atoms with van der Waals surface area (Å²) in [6.07, 6.45) is 0. The number of benzene rings is 1. The van der Waals surface area contributed by atoms with Crippen molar-refractivity contribution in [1.82, 2.24) is 0 Å². The van der Waals surface area contributed by atoms with Gasteiger partial charge in [0.25, 0.3) is 0 Å². The topological polar surface area (TPSA) is 0 Å². The summed E-state index contributed by atoms with van der Waals surface area (Å²) in [7, 11) is 1.55. The van der Waals surface area contributed by atoms with Crippen molar-refractivity contribution >= 4 is 22.5 Å². The van der Waals surface area contributed by atoms with Gasteiger partial charge in [-0.25, -0.2) is 0 Å². The van der Waals surface area contributed by atoms with Gasteiger partial charge in [0.1, 0.15) is 0 Å². The molecule has 0 amide bonds. The van der Waals surface area contributed by atoms with Crippen molar-refractivity contribution in [2.45, 2.75) is 20.8 Å². The molecule has 0 atom stereocenters. The highest BCUT2D eigenvalue weighted by Gasteiger charge is 1.79. The maximum atomic E-state index is 3.84. The molecule has 0 aliphatic rings. The Morgan fingerprint density at radius 3 is 1.50 bits per heavy atom. The molecule has 0 saturated carbocycles. The smallest absolute Gasteiger partial charge is 0.000600 e. The van der Waals surface area contributed by atoms with Crippen LogP contribution in [0.4, 0.5) is 0 Å². The van der Waals surface area contributed by atoms with Gasteiger partial charge < -0.3 is 0 Å². The number of rotatable bonds is 1. The van der Waals surface area contributed by atoms with Crippen molar-refractivity contribution in [1.29, 1.82) is 0 Å². The van der Waals surface area contributed by atoms with E-state index in [2.05, 4.69) is 56.7 Å². The van der Waals surface area contributed by atoms with Crippen LogP contribution in [0.3, 0.4) is 0 Å². The van der Waals surface area contributed by atoms with Crippen molar-refractivity contribution in [3.8, 4) is 0 Å². The zero-order chi connectivity index (χ0) is 9.40. The largest absolute Gasteiger partial charge is 0.111 e. The Morgan fingerprint density at radius 1 is 1.08 bits per heavy atom. The van der Waals surface area contributed by atoms with E-state index >= 15 is 0 Å². The third-order valence-electron chi connectivity index (χ3n) is 1.35. The van der Waals surface area contributed by atoms with Crippen molar-refractivity contribution in [3.05, 3.63) is 35.4 Å². The molecular weight excluding hydrogens is 184 g/mol. The number of hydrogen-bond donors (Lipinski definition) is 1. The molecule has 0 aliphatic heterocycles. The second-order valence-corrected chi connectivity index (χ2v) is 4.18. The normalized spacial score (nSPS) is 8.67. The van der Waals surface area contributed by atoms with Crippen LogP contribution in [0.1, 0.15) is 18.1 Å². The molecule has 0 unspecified atom stereocenters. The number of aryl methyl sites for hydroxylation is 2. The summed E-state index contributed by atoms with van der Waals surface area (Å²) in [5.41, 5.74) is 2.66. The van der Waals surface area contributed by atoms with Gasteiger partial charge in [0, 0.05) is 5.75 Å². The SMILES string of the molecule is CCSS.Cc1ccc(C)cc1. The van der Waals surface area contributed by atoms with Crippen molar-refractivity contribution in [3.63, 3.8) is 0 Å². The van der Waals surface area contributed by atoms with Crippen LogP contribution in [0.25, 0.3) is 0 Å². The molecule has 0 aliphatic carbocycles. The maximum Gasteiger partial charge on any atom is 0.000600 e. The fourth-order valence-electron chi connectivity index (χ4n) is 0.637. The van der Waals surface area contributed by atoms with E-state index in [0.29, 0.717) is 0 Å². The molecule has 0 aromatic heterocycles. The van der Waals surface area contributed by atoms with E-state index < -0.39 is 0 Å². The Labute approximate surface area is 84.6 Å². The van der Waals surface area contributed by atoms with Crippen LogP contribution in [-0.4, -0.2) is 5.75 Å². The molecule has 0 spiro atoms. The van der Waals surface area contributed by atoms with Gasteiger partial charge in [-0.1, -0.05) is 53.1 Å². The zero-order valence-corrected chi connectivity index (χ0v) is 9.58. The first-order chi connectivity index (χ1) is 5.70. The average molecular weight is 200 g/mol. The third kappa shape index (κ3) is 6.62. The van der Waals surface area contributed by atoms with Crippen molar-refractivity contribution in [2.75, 3.05) is 5.75 Å². The van der Waals surface area contributed by atoms with Gasteiger partial charge in [0.2, 0.25) is 0 Å². The predicted octanol–water partition coefficient (Wildman–Crippen LogP) is 3.89. The molecule has 0 N–H and O–H groups in total. The summed E-state index contributed by atoms with van der Waals surface area (Å²) >= 11 is 3.84. The minimum atomic E-state index is 1.10. The molecule has 2 heteroatoms. The molecule has 1 aromatic carbocycles. The molecule has 0 fully saturated rings. The molecular formula is C10H16S2. The zero-order valence-electron chi connectivity index (χ0n) is 7.87. The Kier molecular flexibility index (Phi) is 7.51. The molecule has 68 valence electrons. The lowest BCUT2D eigenvalue weighted by atomic mass is 10.2. The molecule has 12 heavy (non-hydrogen) atoms. The summed E-state index contributed by atoms with van der Waals surface area (Å²) in [6.45, 7) is 6.26. The van der Waals surface area contributed by atoms with Crippen LogP contribution >= 0.6 is 22.5 Å². The quantitative estimate of drug-likeness (QED) is 0.530. The van der Waals surface area contributed by atoms with Crippen molar-refractivity contribution in [2.24, 2.45) is 0 Å². The highest BCUT2D eigenvalue weighted by atomic mass is 33.1. The van der Waals surface area contributed by atoms with E-state index in [1.54, 1.807) is 10.8 Å². The van der Waals surface area contributed by atoms with Crippen LogP contribution < -0.4 is 0 Å².